The molecule has 0 unspecified atom stereocenters. The van der Waals surface area contributed by atoms with Crippen LogP contribution >= 0.6 is 0 Å². The van der Waals surface area contributed by atoms with Gasteiger partial charge >= 0.3 is 0 Å². The molecule has 24 heavy (non-hydrogen) atoms. The zero-order chi connectivity index (χ0) is 16.5. The second-order valence-corrected chi connectivity index (χ2v) is 5.95. The molecule has 118 valence electrons. The van der Waals surface area contributed by atoms with Crippen molar-refractivity contribution in [1.29, 1.82) is 0 Å². The molecule has 0 bridgehead atoms. The Hall–Kier alpha value is -3.14. The summed E-state index contributed by atoms with van der Waals surface area (Å²) in [5, 5.41) is 0. The first kappa shape index (κ1) is 14.5. The molecular weight excluding hydrogens is 298 g/mol. The van der Waals surface area contributed by atoms with Gasteiger partial charge in [0.05, 0.1) is 5.69 Å². The summed E-state index contributed by atoms with van der Waals surface area (Å²) in [6.07, 6.45) is 4.14. The summed E-state index contributed by atoms with van der Waals surface area (Å²) < 4.78 is 1.61. The van der Waals surface area contributed by atoms with Crippen molar-refractivity contribution in [1.82, 2.24) is 14.5 Å². The van der Waals surface area contributed by atoms with Gasteiger partial charge in [-0.15, -0.1) is 0 Å². The highest BCUT2D eigenvalue weighted by Gasteiger charge is 2.15. The maximum atomic E-state index is 12.7. The number of hydrogen-bond acceptors (Lipinski definition) is 2. The second-order valence-electron chi connectivity index (χ2n) is 5.95. The first-order chi connectivity index (χ1) is 11.7. The van der Waals surface area contributed by atoms with Gasteiger partial charge in [-0.25, -0.2) is 4.98 Å². The van der Waals surface area contributed by atoms with E-state index in [0.717, 1.165) is 16.8 Å². The Bertz CT molecular complexity index is 997. The first-order valence-corrected chi connectivity index (χ1v) is 7.91. The number of imidazole rings is 1. The lowest BCUT2D eigenvalue weighted by Crippen LogP contribution is -2.15. The molecular formula is C20H17N3O. The van der Waals surface area contributed by atoms with E-state index >= 15 is 0 Å². The number of hydrogen-bond donors (Lipinski definition) is 1. The van der Waals surface area contributed by atoms with E-state index in [2.05, 4.69) is 29.0 Å². The molecule has 0 amide bonds. The fourth-order valence-electron chi connectivity index (χ4n) is 2.81. The normalized spacial score (nSPS) is 11.0. The van der Waals surface area contributed by atoms with Crippen LogP contribution in [0.1, 0.15) is 16.8 Å². The van der Waals surface area contributed by atoms with Crippen LogP contribution in [0.25, 0.3) is 17.1 Å². The number of H-pyrrole nitrogens is 1. The smallest absolute Gasteiger partial charge is 0.278 e. The number of rotatable bonds is 3. The summed E-state index contributed by atoms with van der Waals surface area (Å²) in [5.41, 5.74) is 4.73. The van der Waals surface area contributed by atoms with E-state index in [4.69, 9.17) is 0 Å². The Kier molecular flexibility index (Phi) is 3.50. The zero-order valence-corrected chi connectivity index (χ0v) is 13.4. The van der Waals surface area contributed by atoms with Crippen LogP contribution in [-0.4, -0.2) is 14.5 Å². The third-order valence-electron chi connectivity index (χ3n) is 4.15. The average molecular weight is 315 g/mol. The topological polar surface area (TPSA) is 50.7 Å². The Morgan fingerprint density at radius 3 is 2.54 bits per heavy atom. The molecule has 2 aliphatic rings. The molecule has 4 nitrogen and oxygen atoms in total. The molecule has 0 aliphatic carbocycles. The van der Waals surface area contributed by atoms with Gasteiger partial charge < -0.3 is 4.98 Å². The highest BCUT2D eigenvalue weighted by molar-refractivity contribution is 5.58. The van der Waals surface area contributed by atoms with Crippen molar-refractivity contribution in [3.05, 3.63) is 94.2 Å². The fourth-order valence-corrected chi connectivity index (χ4v) is 2.81. The Balaban J connectivity index is 1.74. The zero-order valence-electron chi connectivity index (χ0n) is 13.4. The summed E-state index contributed by atoms with van der Waals surface area (Å²) in [6.45, 7) is 2.05. The highest BCUT2D eigenvalue weighted by Crippen LogP contribution is 2.18. The van der Waals surface area contributed by atoms with Crippen molar-refractivity contribution >= 4 is 0 Å². The molecule has 2 aliphatic heterocycles. The summed E-state index contributed by atoms with van der Waals surface area (Å²) in [6, 6.07) is 18.1. The van der Waals surface area contributed by atoms with Crippen LogP contribution < -0.4 is 5.56 Å². The Morgan fingerprint density at radius 1 is 1.04 bits per heavy atom. The molecule has 0 radical (unpaired) electrons. The molecule has 2 aromatic rings. The number of benzene rings is 2. The number of nitrogens with zero attached hydrogens (tertiary/aromatic N) is 2. The van der Waals surface area contributed by atoms with E-state index in [0.29, 0.717) is 17.9 Å². The van der Waals surface area contributed by atoms with Gasteiger partial charge in [-0.05, 0) is 18.1 Å². The fraction of sp³-hybridized carbons (Fsp3) is 0.100. The predicted molar refractivity (Wildman–Crippen MR) is 94.8 cm³/mol. The van der Waals surface area contributed by atoms with Gasteiger partial charge in [-0.1, -0.05) is 60.2 Å². The molecule has 0 saturated heterocycles. The number of aromatic amines is 1. The Morgan fingerprint density at radius 2 is 1.79 bits per heavy atom. The van der Waals surface area contributed by atoms with Gasteiger partial charge in [0, 0.05) is 18.8 Å². The number of aryl methyl sites for hydroxylation is 1. The number of aromatic nitrogens is 3. The van der Waals surface area contributed by atoms with Crippen LogP contribution in [0.3, 0.4) is 0 Å². The lowest BCUT2D eigenvalue weighted by atomic mass is 10.1. The molecule has 0 spiro atoms. The monoisotopic (exact) mass is 315 g/mol. The molecule has 0 saturated carbocycles. The quantitative estimate of drug-likeness (QED) is 0.628. The van der Waals surface area contributed by atoms with Gasteiger partial charge in [-0.2, -0.15) is 0 Å². The van der Waals surface area contributed by atoms with E-state index in [1.807, 2.05) is 48.7 Å². The van der Waals surface area contributed by atoms with Crippen molar-refractivity contribution < 1.29 is 0 Å². The third-order valence-corrected chi connectivity index (χ3v) is 4.15. The van der Waals surface area contributed by atoms with Crippen LogP contribution in [0.2, 0.25) is 0 Å². The van der Waals surface area contributed by atoms with Gasteiger partial charge in [-0.3, -0.25) is 9.36 Å². The minimum Gasteiger partial charge on any atom is -0.357 e. The van der Waals surface area contributed by atoms with E-state index in [9.17, 15) is 4.79 Å². The van der Waals surface area contributed by atoms with Crippen LogP contribution in [-0.2, 0) is 6.42 Å². The summed E-state index contributed by atoms with van der Waals surface area (Å²) in [7, 11) is 0. The van der Waals surface area contributed by atoms with Gasteiger partial charge in [0.1, 0.15) is 5.69 Å². The van der Waals surface area contributed by atoms with Crippen molar-refractivity contribution in [3.63, 3.8) is 0 Å². The summed E-state index contributed by atoms with van der Waals surface area (Å²) in [4.78, 5) is 20.4. The van der Waals surface area contributed by atoms with Crippen molar-refractivity contribution in [3.8, 4) is 17.1 Å². The van der Waals surface area contributed by atoms with Gasteiger partial charge in [0.2, 0.25) is 0 Å². The third kappa shape index (κ3) is 2.63. The molecule has 0 atom stereocenters. The van der Waals surface area contributed by atoms with Crippen LogP contribution in [0.5, 0.6) is 0 Å². The molecule has 2 heterocycles. The molecule has 4 heteroatoms. The summed E-state index contributed by atoms with van der Waals surface area (Å²) >= 11 is 0. The molecule has 0 fully saturated rings. The molecule has 1 N–H and O–H groups in total. The van der Waals surface area contributed by atoms with Crippen molar-refractivity contribution in [2.75, 3.05) is 0 Å². The number of fused-ring (bicyclic) bond motifs is 1. The van der Waals surface area contributed by atoms with E-state index < -0.39 is 0 Å². The Labute approximate surface area is 139 Å². The maximum absolute atomic E-state index is 12.7. The second kappa shape index (κ2) is 5.81. The lowest BCUT2D eigenvalue weighted by Gasteiger charge is -2.05. The summed E-state index contributed by atoms with van der Waals surface area (Å²) in [5.74, 6) is 0.641. The number of nitrogens with one attached hydrogen (secondary N) is 1. The van der Waals surface area contributed by atoms with E-state index in [1.54, 1.807) is 10.8 Å². The van der Waals surface area contributed by atoms with E-state index in [1.165, 1.54) is 5.56 Å². The SMILES string of the molecule is Cc1ccc(Cc2nc3c[nH]c(-c4ccccc4)cn-3c2=O)cc1. The standard InChI is InChI=1S/C20H17N3O/c1-14-7-9-15(10-8-14)11-17-20(24)23-13-18(21-12-19(23)22-17)16-5-3-2-4-6-16/h2-10,12-13,21H,11H2,1H3. The highest BCUT2D eigenvalue weighted by atomic mass is 16.1. The maximum Gasteiger partial charge on any atom is 0.278 e. The van der Waals surface area contributed by atoms with Gasteiger partial charge in [0.25, 0.3) is 5.56 Å². The van der Waals surface area contributed by atoms with Crippen molar-refractivity contribution in [2.24, 2.45) is 0 Å². The predicted octanol–water partition coefficient (Wildman–Crippen LogP) is 3.56. The minimum atomic E-state index is -0.0586. The first-order valence-electron chi connectivity index (χ1n) is 7.91. The lowest BCUT2D eigenvalue weighted by molar-refractivity contribution is 0.971. The van der Waals surface area contributed by atoms with Gasteiger partial charge in [0.15, 0.2) is 5.82 Å². The van der Waals surface area contributed by atoms with E-state index in [-0.39, 0.29) is 5.56 Å². The average Bonchev–Trinajstić information content (AvgIpc) is 2.93. The van der Waals surface area contributed by atoms with Crippen molar-refractivity contribution in [2.45, 2.75) is 13.3 Å². The van der Waals surface area contributed by atoms with Crippen LogP contribution in [0.4, 0.5) is 0 Å². The largest absolute Gasteiger partial charge is 0.357 e. The van der Waals surface area contributed by atoms with Crippen LogP contribution in [0.15, 0.2) is 71.8 Å². The minimum absolute atomic E-state index is 0.0586. The molecule has 0 aromatic heterocycles. The molecule has 2 aromatic carbocycles. The van der Waals surface area contributed by atoms with Crippen LogP contribution in [0, 0.1) is 6.92 Å². The molecule has 4 rings (SSSR count).